The highest BCUT2D eigenvalue weighted by molar-refractivity contribution is 6.60. The Kier molecular flexibility index (Phi) is 10.6. The Balaban J connectivity index is 2.39. The minimum absolute atomic E-state index is 0.677. The summed E-state index contributed by atoms with van der Waals surface area (Å²) in [5, 5.41) is 0. The van der Waals surface area contributed by atoms with Crippen LogP contribution in [-0.4, -0.2) is 53.2 Å². The molecule has 0 aromatic carbocycles. The van der Waals surface area contributed by atoms with E-state index in [4.69, 9.17) is 13.3 Å². The molecule has 0 atom stereocenters. The van der Waals surface area contributed by atoms with Crippen LogP contribution < -0.4 is 0 Å². The van der Waals surface area contributed by atoms with Gasteiger partial charge in [0.05, 0.1) is 0 Å². The molecule has 1 aliphatic rings. The van der Waals surface area contributed by atoms with Gasteiger partial charge >= 0.3 is 8.80 Å². The van der Waals surface area contributed by atoms with Gasteiger partial charge in [0.15, 0.2) is 0 Å². The molecule has 1 fully saturated rings. The van der Waals surface area contributed by atoms with E-state index in [9.17, 15) is 0 Å². The lowest BCUT2D eigenvalue weighted by Gasteiger charge is -2.30. The monoisotopic (exact) mass is 317 g/mol. The van der Waals surface area contributed by atoms with Gasteiger partial charge in [0, 0.05) is 25.9 Å². The molecule has 1 aliphatic heterocycles. The molecule has 0 N–H and O–H groups in total. The molecule has 0 radical (unpaired) electrons. The highest BCUT2D eigenvalue weighted by Gasteiger charge is 2.39. The smallest absolute Gasteiger partial charge is 0.374 e. The maximum absolute atomic E-state index is 5.92. The third-order valence-corrected chi connectivity index (χ3v) is 7.15. The maximum atomic E-state index is 5.92. The number of nitrogens with zero attached hydrogens (tertiary/aromatic N) is 1. The van der Waals surface area contributed by atoms with E-state index >= 15 is 0 Å². The molecule has 0 spiro atoms. The van der Waals surface area contributed by atoms with E-state index in [1.54, 1.807) is 0 Å². The maximum Gasteiger partial charge on any atom is 0.500 e. The molecule has 1 heterocycles. The van der Waals surface area contributed by atoms with E-state index in [2.05, 4.69) is 4.90 Å². The zero-order valence-electron chi connectivity index (χ0n) is 14.4. The van der Waals surface area contributed by atoms with E-state index in [1.165, 1.54) is 45.2 Å². The van der Waals surface area contributed by atoms with Crippen molar-refractivity contribution in [1.29, 1.82) is 0 Å². The second kappa shape index (κ2) is 11.6. The van der Waals surface area contributed by atoms with Gasteiger partial charge in [-0.15, -0.1) is 0 Å². The van der Waals surface area contributed by atoms with Crippen LogP contribution in [0.15, 0.2) is 0 Å². The molecule has 0 aliphatic carbocycles. The van der Waals surface area contributed by atoms with Crippen LogP contribution in [0.25, 0.3) is 0 Å². The first kappa shape index (κ1) is 19.1. The minimum atomic E-state index is -2.43. The van der Waals surface area contributed by atoms with Crippen LogP contribution in [0.3, 0.4) is 0 Å². The fraction of sp³-hybridized carbons (Fsp3) is 1.00. The summed E-state index contributed by atoms with van der Waals surface area (Å²) >= 11 is 0. The van der Waals surface area contributed by atoms with Crippen molar-refractivity contribution in [2.75, 3.05) is 39.5 Å². The van der Waals surface area contributed by atoms with E-state index in [-0.39, 0.29) is 0 Å². The fourth-order valence-corrected chi connectivity index (χ4v) is 5.65. The Morgan fingerprint density at radius 2 is 1.24 bits per heavy atom. The first-order valence-electron chi connectivity index (χ1n) is 8.90. The summed E-state index contributed by atoms with van der Waals surface area (Å²) in [4.78, 5) is 2.61. The van der Waals surface area contributed by atoms with Gasteiger partial charge in [-0.3, -0.25) is 0 Å². The van der Waals surface area contributed by atoms with Gasteiger partial charge in [-0.05, 0) is 59.7 Å². The largest absolute Gasteiger partial charge is 0.500 e. The van der Waals surface area contributed by atoms with Crippen LogP contribution in [0, 0.1) is 0 Å². The zero-order chi connectivity index (χ0) is 15.4. The molecule has 0 amide bonds. The standard InChI is InChI=1S/C16H35NO3Si/c1-4-18-21(19-5-2,20-6-3)16-12-15-17-13-10-8-7-9-11-14-17/h4-16H2,1-3H3. The molecule has 5 heteroatoms. The van der Waals surface area contributed by atoms with E-state index in [0.29, 0.717) is 19.8 Å². The molecular formula is C16H35NO3Si. The average Bonchev–Trinajstić information content (AvgIpc) is 2.42. The van der Waals surface area contributed by atoms with Gasteiger partial charge in [0.1, 0.15) is 0 Å². The van der Waals surface area contributed by atoms with Crippen LogP contribution in [0.4, 0.5) is 0 Å². The third-order valence-electron chi connectivity index (χ3n) is 4.00. The van der Waals surface area contributed by atoms with Crippen LogP contribution in [0.5, 0.6) is 0 Å². The average molecular weight is 318 g/mol. The second-order valence-electron chi connectivity index (χ2n) is 5.70. The van der Waals surface area contributed by atoms with Gasteiger partial charge in [-0.25, -0.2) is 0 Å². The lowest BCUT2D eigenvalue weighted by molar-refractivity contribution is 0.0698. The van der Waals surface area contributed by atoms with Crippen molar-refractivity contribution in [3.8, 4) is 0 Å². The minimum Gasteiger partial charge on any atom is -0.374 e. The van der Waals surface area contributed by atoms with Crippen molar-refractivity contribution >= 4 is 8.80 Å². The van der Waals surface area contributed by atoms with Crippen LogP contribution >= 0.6 is 0 Å². The van der Waals surface area contributed by atoms with Crippen molar-refractivity contribution in [2.45, 2.75) is 65.3 Å². The number of likely N-dealkylation sites (tertiary alicyclic amines) is 1. The highest BCUT2D eigenvalue weighted by Crippen LogP contribution is 2.19. The second-order valence-corrected chi connectivity index (χ2v) is 8.43. The molecule has 0 aromatic rings. The Labute approximate surface area is 132 Å². The summed E-state index contributed by atoms with van der Waals surface area (Å²) < 4.78 is 17.8. The Morgan fingerprint density at radius 1 is 0.762 bits per heavy atom. The van der Waals surface area contributed by atoms with Gasteiger partial charge < -0.3 is 18.2 Å². The lowest BCUT2D eigenvalue weighted by atomic mass is 10.1. The first-order valence-corrected chi connectivity index (χ1v) is 10.8. The molecule has 0 saturated carbocycles. The van der Waals surface area contributed by atoms with Gasteiger partial charge in [-0.2, -0.15) is 0 Å². The number of hydrogen-bond acceptors (Lipinski definition) is 4. The Morgan fingerprint density at radius 3 is 1.71 bits per heavy atom. The van der Waals surface area contributed by atoms with Crippen LogP contribution in [0.2, 0.25) is 6.04 Å². The highest BCUT2D eigenvalue weighted by atomic mass is 28.4. The molecule has 0 bridgehead atoms. The Bertz CT molecular complexity index is 229. The van der Waals surface area contributed by atoms with Gasteiger partial charge in [0.25, 0.3) is 0 Å². The molecule has 1 rings (SSSR count). The molecule has 4 nitrogen and oxygen atoms in total. The van der Waals surface area contributed by atoms with E-state index in [0.717, 1.165) is 19.0 Å². The van der Waals surface area contributed by atoms with Gasteiger partial charge in [0.2, 0.25) is 0 Å². The summed E-state index contributed by atoms with van der Waals surface area (Å²) in [5.41, 5.74) is 0. The third kappa shape index (κ3) is 7.75. The predicted octanol–water partition coefficient (Wildman–Crippen LogP) is 3.69. The summed E-state index contributed by atoms with van der Waals surface area (Å²) in [5.74, 6) is 0. The fourth-order valence-electron chi connectivity index (χ4n) is 3.06. The van der Waals surface area contributed by atoms with Crippen LogP contribution in [0.1, 0.15) is 59.3 Å². The normalized spacial score (nSPS) is 18.4. The van der Waals surface area contributed by atoms with Crippen molar-refractivity contribution in [2.24, 2.45) is 0 Å². The molecular weight excluding hydrogens is 282 g/mol. The summed E-state index contributed by atoms with van der Waals surface area (Å²) in [7, 11) is -2.43. The summed E-state index contributed by atoms with van der Waals surface area (Å²) in [6, 6.07) is 0.943. The van der Waals surface area contributed by atoms with Crippen molar-refractivity contribution < 1.29 is 13.3 Å². The van der Waals surface area contributed by atoms with Crippen molar-refractivity contribution in [3.63, 3.8) is 0 Å². The van der Waals surface area contributed by atoms with Crippen LogP contribution in [-0.2, 0) is 13.3 Å². The predicted molar refractivity (Wildman–Crippen MR) is 89.6 cm³/mol. The zero-order valence-corrected chi connectivity index (χ0v) is 15.4. The topological polar surface area (TPSA) is 30.9 Å². The van der Waals surface area contributed by atoms with Crippen molar-refractivity contribution in [3.05, 3.63) is 0 Å². The Hall–Kier alpha value is 0.0569. The molecule has 21 heavy (non-hydrogen) atoms. The molecule has 0 aromatic heterocycles. The summed E-state index contributed by atoms with van der Waals surface area (Å²) in [6.07, 6.45) is 8.03. The molecule has 1 saturated heterocycles. The summed E-state index contributed by atoms with van der Waals surface area (Å²) in [6.45, 7) is 11.8. The number of hydrogen-bond donors (Lipinski definition) is 0. The molecule has 0 unspecified atom stereocenters. The van der Waals surface area contributed by atoms with Crippen molar-refractivity contribution in [1.82, 2.24) is 4.90 Å². The quantitative estimate of drug-likeness (QED) is 0.575. The van der Waals surface area contributed by atoms with E-state index < -0.39 is 8.80 Å². The number of rotatable bonds is 10. The lowest BCUT2D eigenvalue weighted by Crippen LogP contribution is -2.46. The molecule has 126 valence electrons. The van der Waals surface area contributed by atoms with E-state index in [1.807, 2.05) is 20.8 Å². The SMILES string of the molecule is CCO[Si](CCCN1CCCCCCC1)(OCC)OCC. The first-order chi connectivity index (χ1) is 10.3. The van der Waals surface area contributed by atoms with Gasteiger partial charge in [-0.1, -0.05) is 19.3 Å².